The number of rotatable bonds is 28. The molecule has 0 atom stereocenters. The van der Waals surface area contributed by atoms with Gasteiger partial charge in [0.2, 0.25) is 0 Å². The summed E-state index contributed by atoms with van der Waals surface area (Å²) in [5.74, 6) is 1.29. The van der Waals surface area contributed by atoms with E-state index in [-0.39, 0.29) is 0 Å². The van der Waals surface area contributed by atoms with E-state index < -0.39 is 0 Å². The molecule has 0 saturated carbocycles. The van der Waals surface area contributed by atoms with Crippen molar-refractivity contribution >= 4 is 5.78 Å². The number of unbranched alkanes of at least 4 members (excludes halogenated alkanes) is 20. The molecule has 0 aliphatic heterocycles. The minimum Gasteiger partial charge on any atom is -0.508 e. The van der Waals surface area contributed by atoms with Gasteiger partial charge in [0.1, 0.15) is 17.3 Å². The van der Waals surface area contributed by atoms with Gasteiger partial charge in [0.25, 0.3) is 0 Å². The SMILES string of the molecule is Cc1cc(CCCCCCCCCCCCCC(=O)CCCCCCCCCCCCCc2ccc(O)c(C)c2)ccc1O. The average molecular weight is 607 g/mol. The third-order valence-electron chi connectivity index (χ3n) is 9.36. The zero-order chi connectivity index (χ0) is 31.7. The van der Waals surface area contributed by atoms with Crippen molar-refractivity contribution in [1.82, 2.24) is 0 Å². The van der Waals surface area contributed by atoms with Crippen LogP contribution in [0.2, 0.25) is 0 Å². The molecule has 0 bridgehead atoms. The lowest BCUT2D eigenvalue weighted by Gasteiger charge is -2.05. The average Bonchev–Trinajstić information content (AvgIpc) is 3.01. The second-order valence-electron chi connectivity index (χ2n) is 13.6. The Balaban J connectivity index is 1.23. The van der Waals surface area contributed by atoms with Gasteiger partial charge in [-0.25, -0.2) is 0 Å². The number of phenolic OH excluding ortho intramolecular Hbond substituents is 2. The summed E-state index contributed by atoms with van der Waals surface area (Å²) in [6.45, 7) is 3.94. The normalized spacial score (nSPS) is 11.3. The van der Waals surface area contributed by atoms with Crippen LogP contribution < -0.4 is 0 Å². The van der Waals surface area contributed by atoms with E-state index >= 15 is 0 Å². The molecule has 0 aliphatic rings. The summed E-state index contributed by atoms with van der Waals surface area (Å²) in [5.41, 5.74) is 4.65. The predicted molar refractivity (Wildman–Crippen MR) is 189 cm³/mol. The number of phenols is 2. The van der Waals surface area contributed by atoms with E-state index in [0.717, 1.165) is 49.7 Å². The van der Waals surface area contributed by atoms with Gasteiger partial charge in [0.15, 0.2) is 0 Å². The summed E-state index contributed by atoms with van der Waals surface area (Å²) in [6, 6.07) is 12.0. The van der Waals surface area contributed by atoms with Gasteiger partial charge >= 0.3 is 0 Å². The van der Waals surface area contributed by atoms with Crippen LogP contribution in [0.4, 0.5) is 0 Å². The standard InChI is InChI=1S/C41H66O3/c1-35-33-37(29-31-40(35)43)25-21-17-13-9-5-3-7-11-15-19-23-27-39(42)28-24-20-16-12-8-4-6-10-14-18-22-26-38-30-32-41(44)36(2)34-38/h29-34,43-44H,3-28H2,1-2H3. The number of carbonyl (C=O) groups is 1. The molecule has 3 nitrogen and oxygen atoms in total. The Morgan fingerprint density at radius 1 is 0.432 bits per heavy atom. The van der Waals surface area contributed by atoms with Crippen LogP contribution in [-0.2, 0) is 17.6 Å². The molecule has 2 aromatic carbocycles. The maximum Gasteiger partial charge on any atom is 0.132 e. The Kier molecular flexibility index (Phi) is 21.5. The van der Waals surface area contributed by atoms with Gasteiger partial charge in [-0.2, -0.15) is 0 Å². The Labute approximate surface area is 271 Å². The van der Waals surface area contributed by atoms with E-state index in [4.69, 9.17) is 0 Å². The Morgan fingerprint density at radius 2 is 0.705 bits per heavy atom. The van der Waals surface area contributed by atoms with Crippen LogP contribution in [0.15, 0.2) is 36.4 Å². The van der Waals surface area contributed by atoms with E-state index in [2.05, 4.69) is 24.3 Å². The molecule has 0 spiro atoms. The largest absolute Gasteiger partial charge is 0.508 e. The first-order chi connectivity index (χ1) is 21.5. The zero-order valence-electron chi connectivity index (χ0n) is 28.7. The Morgan fingerprint density at radius 3 is 1.00 bits per heavy atom. The Bertz CT molecular complexity index is 931. The van der Waals surface area contributed by atoms with Crippen LogP contribution in [0.3, 0.4) is 0 Å². The molecule has 0 heterocycles. The third-order valence-corrected chi connectivity index (χ3v) is 9.36. The lowest BCUT2D eigenvalue weighted by atomic mass is 10.0. The van der Waals surface area contributed by atoms with Gasteiger partial charge in [0, 0.05) is 12.8 Å². The molecular weight excluding hydrogens is 540 g/mol. The summed E-state index contributed by atoms with van der Waals surface area (Å²) in [6.07, 6.45) is 32.3. The maximum atomic E-state index is 12.2. The van der Waals surface area contributed by atoms with Gasteiger partial charge < -0.3 is 10.2 Å². The number of hydrogen-bond acceptors (Lipinski definition) is 3. The minimum atomic E-state index is 0.401. The van der Waals surface area contributed by atoms with Crippen LogP contribution >= 0.6 is 0 Å². The Hall–Kier alpha value is -2.29. The fourth-order valence-electron chi connectivity index (χ4n) is 6.36. The fourth-order valence-corrected chi connectivity index (χ4v) is 6.36. The lowest BCUT2D eigenvalue weighted by Crippen LogP contribution is -1.97. The van der Waals surface area contributed by atoms with Gasteiger partial charge in [0.05, 0.1) is 0 Å². The molecule has 0 saturated heterocycles. The number of ketones is 1. The van der Waals surface area contributed by atoms with Gasteiger partial charge in [-0.15, -0.1) is 0 Å². The summed E-state index contributed by atoms with van der Waals surface area (Å²) in [4.78, 5) is 12.2. The first-order valence-electron chi connectivity index (χ1n) is 18.5. The maximum absolute atomic E-state index is 12.2. The lowest BCUT2D eigenvalue weighted by molar-refractivity contribution is -0.119. The highest BCUT2D eigenvalue weighted by atomic mass is 16.3. The van der Waals surface area contributed by atoms with Crippen LogP contribution in [0.5, 0.6) is 11.5 Å². The van der Waals surface area contributed by atoms with Crippen molar-refractivity contribution < 1.29 is 15.0 Å². The molecule has 0 aromatic heterocycles. The molecule has 44 heavy (non-hydrogen) atoms. The van der Waals surface area contributed by atoms with Crippen molar-refractivity contribution in [2.24, 2.45) is 0 Å². The van der Waals surface area contributed by atoms with E-state index in [9.17, 15) is 15.0 Å². The molecule has 0 amide bonds. The van der Waals surface area contributed by atoms with Crippen molar-refractivity contribution in [1.29, 1.82) is 0 Å². The predicted octanol–water partition coefficient (Wildman–Crippen LogP) is 12.4. The highest BCUT2D eigenvalue weighted by Gasteiger charge is 2.03. The van der Waals surface area contributed by atoms with Crippen LogP contribution in [-0.4, -0.2) is 16.0 Å². The summed E-state index contributed by atoms with van der Waals surface area (Å²) >= 11 is 0. The molecule has 0 fully saturated rings. The summed E-state index contributed by atoms with van der Waals surface area (Å²) in [5, 5.41) is 19.3. The second kappa shape index (κ2) is 25.0. The quantitative estimate of drug-likeness (QED) is 0.0947. The van der Waals surface area contributed by atoms with E-state index in [1.54, 1.807) is 0 Å². The molecule has 0 radical (unpaired) electrons. The molecular formula is C41H66O3. The van der Waals surface area contributed by atoms with E-state index in [0.29, 0.717) is 17.3 Å². The number of aryl methyl sites for hydroxylation is 4. The molecule has 0 unspecified atom stereocenters. The van der Waals surface area contributed by atoms with Crippen molar-refractivity contribution in [3.63, 3.8) is 0 Å². The first-order valence-corrected chi connectivity index (χ1v) is 18.5. The van der Waals surface area contributed by atoms with Crippen molar-refractivity contribution in [2.75, 3.05) is 0 Å². The van der Waals surface area contributed by atoms with Crippen LogP contribution in [0.1, 0.15) is 176 Å². The molecule has 2 N–H and O–H groups in total. The minimum absolute atomic E-state index is 0.401. The summed E-state index contributed by atoms with van der Waals surface area (Å²) < 4.78 is 0. The number of benzene rings is 2. The van der Waals surface area contributed by atoms with Crippen LogP contribution in [0, 0.1) is 13.8 Å². The first kappa shape index (κ1) is 37.9. The molecule has 2 aromatic rings. The zero-order valence-corrected chi connectivity index (χ0v) is 28.7. The monoisotopic (exact) mass is 607 g/mol. The number of carbonyl (C=O) groups excluding carboxylic acids is 1. The molecule has 3 heteroatoms. The topological polar surface area (TPSA) is 57.5 Å². The third kappa shape index (κ3) is 19.2. The van der Waals surface area contributed by atoms with Gasteiger partial charge in [-0.1, -0.05) is 140 Å². The number of aromatic hydroxyl groups is 2. The highest BCUT2D eigenvalue weighted by molar-refractivity contribution is 5.78. The van der Waals surface area contributed by atoms with Gasteiger partial charge in [-0.05, 0) is 86.8 Å². The molecule has 0 aliphatic carbocycles. The fraction of sp³-hybridized carbons (Fsp3) is 0.683. The molecule has 248 valence electrons. The van der Waals surface area contributed by atoms with Crippen molar-refractivity contribution in [2.45, 2.75) is 181 Å². The second-order valence-corrected chi connectivity index (χ2v) is 13.6. The smallest absolute Gasteiger partial charge is 0.132 e. The van der Waals surface area contributed by atoms with Crippen molar-refractivity contribution in [3.05, 3.63) is 58.7 Å². The van der Waals surface area contributed by atoms with E-state index in [1.807, 2.05) is 26.0 Å². The van der Waals surface area contributed by atoms with E-state index in [1.165, 1.54) is 140 Å². The molecule has 2 rings (SSSR count). The van der Waals surface area contributed by atoms with Gasteiger partial charge in [-0.3, -0.25) is 4.79 Å². The number of Topliss-reactive ketones (excluding diaryl/α,β-unsaturated/α-hetero) is 1. The highest BCUT2D eigenvalue weighted by Crippen LogP contribution is 2.21. The number of hydrogen-bond donors (Lipinski definition) is 2. The summed E-state index contributed by atoms with van der Waals surface area (Å²) in [7, 11) is 0. The van der Waals surface area contributed by atoms with Crippen LogP contribution in [0.25, 0.3) is 0 Å². The van der Waals surface area contributed by atoms with Crippen molar-refractivity contribution in [3.8, 4) is 11.5 Å².